The maximum Gasteiger partial charge on any atom is 0.418 e. The molecular weight excluding hydrogens is 265 g/mol. The van der Waals surface area contributed by atoms with Gasteiger partial charge in [-0.25, -0.2) is 0 Å². The Hall–Kier alpha value is -1.39. The molecular formula is C15H21F3N2. The Morgan fingerprint density at radius 2 is 2.05 bits per heavy atom. The fraction of sp³-hybridized carbons (Fsp3) is 0.600. The molecule has 0 spiro atoms. The first kappa shape index (κ1) is 15.0. The van der Waals surface area contributed by atoms with Gasteiger partial charge in [-0.2, -0.15) is 13.2 Å². The normalized spacial score (nSPS) is 23.6. The van der Waals surface area contributed by atoms with E-state index in [0.717, 1.165) is 31.7 Å². The molecule has 0 radical (unpaired) electrons. The summed E-state index contributed by atoms with van der Waals surface area (Å²) in [7, 11) is 0. The molecule has 1 fully saturated rings. The molecule has 2 atom stereocenters. The molecule has 2 unspecified atom stereocenters. The number of hydrogen-bond acceptors (Lipinski definition) is 2. The van der Waals surface area contributed by atoms with Crippen molar-refractivity contribution < 1.29 is 13.2 Å². The van der Waals surface area contributed by atoms with E-state index in [0.29, 0.717) is 5.92 Å². The second-order valence-electron chi connectivity index (χ2n) is 5.58. The highest BCUT2D eigenvalue weighted by molar-refractivity contribution is 5.59. The molecule has 5 heteroatoms. The molecule has 112 valence electrons. The Morgan fingerprint density at radius 3 is 2.70 bits per heavy atom. The average molecular weight is 286 g/mol. The second-order valence-corrected chi connectivity index (χ2v) is 5.58. The Labute approximate surface area is 117 Å². The third-order valence-corrected chi connectivity index (χ3v) is 4.07. The minimum Gasteiger partial charge on any atom is -0.399 e. The van der Waals surface area contributed by atoms with Gasteiger partial charge in [0.05, 0.1) is 5.56 Å². The zero-order valence-electron chi connectivity index (χ0n) is 11.6. The standard InChI is InChI=1S/C15H21F3N2/c1-2-10-4-3-5-12(8-10)20-14-7-6-11(19)9-13(14)15(16,17)18/h6-7,9-10,12,20H,2-5,8,19H2,1H3. The van der Waals surface area contributed by atoms with Crippen molar-refractivity contribution in [2.24, 2.45) is 5.92 Å². The topological polar surface area (TPSA) is 38.0 Å². The molecule has 2 rings (SSSR count). The van der Waals surface area contributed by atoms with Crippen LogP contribution in [0.15, 0.2) is 18.2 Å². The van der Waals surface area contributed by atoms with Gasteiger partial charge in [0.25, 0.3) is 0 Å². The number of alkyl halides is 3. The minimum absolute atomic E-state index is 0.124. The monoisotopic (exact) mass is 286 g/mol. The van der Waals surface area contributed by atoms with Crippen LogP contribution in [0.4, 0.5) is 24.5 Å². The predicted molar refractivity (Wildman–Crippen MR) is 75.5 cm³/mol. The lowest BCUT2D eigenvalue weighted by Gasteiger charge is -2.30. The van der Waals surface area contributed by atoms with Gasteiger partial charge in [-0.15, -0.1) is 0 Å². The van der Waals surface area contributed by atoms with Gasteiger partial charge in [0.2, 0.25) is 0 Å². The van der Waals surface area contributed by atoms with Crippen LogP contribution < -0.4 is 11.1 Å². The zero-order chi connectivity index (χ0) is 14.8. The van der Waals surface area contributed by atoms with Crippen LogP contribution in [0.3, 0.4) is 0 Å². The molecule has 1 saturated carbocycles. The lowest BCUT2D eigenvalue weighted by Crippen LogP contribution is -2.28. The van der Waals surface area contributed by atoms with Crippen LogP contribution in [-0.4, -0.2) is 6.04 Å². The van der Waals surface area contributed by atoms with E-state index in [-0.39, 0.29) is 17.4 Å². The first-order chi connectivity index (χ1) is 9.40. The molecule has 0 heterocycles. The summed E-state index contributed by atoms with van der Waals surface area (Å²) in [6, 6.07) is 4.08. The molecule has 3 N–H and O–H groups in total. The zero-order valence-corrected chi connectivity index (χ0v) is 11.6. The summed E-state index contributed by atoms with van der Waals surface area (Å²) >= 11 is 0. The number of benzene rings is 1. The molecule has 0 amide bonds. The number of hydrogen-bond donors (Lipinski definition) is 2. The quantitative estimate of drug-likeness (QED) is 0.792. The number of nitrogens with two attached hydrogens (primary N) is 1. The van der Waals surface area contributed by atoms with E-state index < -0.39 is 11.7 Å². The van der Waals surface area contributed by atoms with Gasteiger partial charge < -0.3 is 11.1 Å². The molecule has 1 aromatic carbocycles. The Kier molecular flexibility index (Phi) is 4.45. The van der Waals surface area contributed by atoms with Crippen LogP contribution in [0.25, 0.3) is 0 Å². The molecule has 0 aliphatic heterocycles. The van der Waals surface area contributed by atoms with Crippen molar-refractivity contribution in [3.8, 4) is 0 Å². The molecule has 0 aromatic heterocycles. The molecule has 0 bridgehead atoms. The molecule has 1 aliphatic carbocycles. The van der Waals surface area contributed by atoms with Crippen molar-refractivity contribution in [2.45, 2.75) is 51.2 Å². The van der Waals surface area contributed by atoms with Crippen LogP contribution in [-0.2, 0) is 6.18 Å². The van der Waals surface area contributed by atoms with Gasteiger partial charge in [0.1, 0.15) is 0 Å². The fourth-order valence-corrected chi connectivity index (χ4v) is 2.94. The van der Waals surface area contributed by atoms with Crippen molar-refractivity contribution in [1.29, 1.82) is 0 Å². The Balaban J connectivity index is 2.16. The summed E-state index contributed by atoms with van der Waals surface area (Å²) in [6.45, 7) is 2.14. The molecule has 1 aliphatic rings. The summed E-state index contributed by atoms with van der Waals surface area (Å²) < 4.78 is 39.1. The van der Waals surface area contributed by atoms with Gasteiger partial charge in [-0.1, -0.05) is 26.2 Å². The highest BCUT2D eigenvalue weighted by Gasteiger charge is 2.34. The van der Waals surface area contributed by atoms with Gasteiger partial charge >= 0.3 is 6.18 Å². The van der Waals surface area contributed by atoms with Crippen molar-refractivity contribution in [1.82, 2.24) is 0 Å². The van der Waals surface area contributed by atoms with Gasteiger partial charge in [-0.05, 0) is 37.0 Å². The lowest BCUT2D eigenvalue weighted by atomic mass is 9.84. The van der Waals surface area contributed by atoms with Crippen molar-refractivity contribution in [3.05, 3.63) is 23.8 Å². The maximum absolute atomic E-state index is 13.0. The second kappa shape index (κ2) is 5.94. The number of halogens is 3. The number of nitrogens with one attached hydrogen (secondary N) is 1. The summed E-state index contributed by atoms with van der Waals surface area (Å²) in [5.41, 5.74) is 5.09. The maximum atomic E-state index is 13.0. The van der Waals surface area contributed by atoms with Crippen molar-refractivity contribution in [3.63, 3.8) is 0 Å². The van der Waals surface area contributed by atoms with E-state index >= 15 is 0 Å². The SMILES string of the molecule is CCC1CCCC(Nc2ccc(N)cc2C(F)(F)F)C1. The first-order valence-electron chi connectivity index (χ1n) is 7.13. The third kappa shape index (κ3) is 3.58. The predicted octanol–water partition coefficient (Wildman–Crippen LogP) is 4.67. The molecule has 1 aromatic rings. The fourth-order valence-electron chi connectivity index (χ4n) is 2.94. The number of anilines is 2. The summed E-state index contributed by atoms with van der Waals surface area (Å²) in [5.74, 6) is 0.615. The van der Waals surface area contributed by atoms with Crippen LogP contribution in [0.5, 0.6) is 0 Å². The van der Waals surface area contributed by atoms with E-state index in [1.807, 2.05) is 0 Å². The van der Waals surface area contributed by atoms with Gasteiger partial charge in [0, 0.05) is 17.4 Å². The Bertz CT molecular complexity index is 457. The number of rotatable bonds is 3. The van der Waals surface area contributed by atoms with Gasteiger partial charge in [-0.3, -0.25) is 0 Å². The molecule has 20 heavy (non-hydrogen) atoms. The summed E-state index contributed by atoms with van der Waals surface area (Å²) in [6.07, 6.45) is 0.841. The highest BCUT2D eigenvalue weighted by atomic mass is 19.4. The van der Waals surface area contributed by atoms with E-state index in [2.05, 4.69) is 12.2 Å². The van der Waals surface area contributed by atoms with Crippen LogP contribution in [0.1, 0.15) is 44.6 Å². The largest absolute Gasteiger partial charge is 0.418 e. The molecule has 2 nitrogen and oxygen atoms in total. The van der Waals surface area contributed by atoms with Crippen LogP contribution in [0, 0.1) is 5.92 Å². The first-order valence-corrected chi connectivity index (χ1v) is 7.13. The summed E-state index contributed by atoms with van der Waals surface area (Å²) in [5, 5.41) is 3.07. The van der Waals surface area contributed by atoms with E-state index in [1.165, 1.54) is 18.6 Å². The highest BCUT2D eigenvalue weighted by Crippen LogP contribution is 2.37. The van der Waals surface area contributed by atoms with E-state index in [1.54, 1.807) is 0 Å². The van der Waals surface area contributed by atoms with Crippen molar-refractivity contribution >= 4 is 11.4 Å². The Morgan fingerprint density at radius 1 is 1.30 bits per heavy atom. The van der Waals surface area contributed by atoms with Gasteiger partial charge in [0.15, 0.2) is 0 Å². The lowest BCUT2D eigenvalue weighted by molar-refractivity contribution is -0.136. The van der Waals surface area contributed by atoms with Crippen LogP contribution in [0.2, 0.25) is 0 Å². The minimum atomic E-state index is -4.38. The average Bonchev–Trinajstić information content (AvgIpc) is 2.40. The van der Waals surface area contributed by atoms with E-state index in [9.17, 15) is 13.2 Å². The smallest absolute Gasteiger partial charge is 0.399 e. The van der Waals surface area contributed by atoms with Crippen molar-refractivity contribution in [2.75, 3.05) is 11.1 Å². The molecule has 0 saturated heterocycles. The van der Waals surface area contributed by atoms with Crippen LogP contribution >= 0.6 is 0 Å². The number of nitrogen functional groups attached to an aromatic ring is 1. The van der Waals surface area contributed by atoms with E-state index in [4.69, 9.17) is 5.73 Å². The summed E-state index contributed by atoms with van der Waals surface area (Å²) in [4.78, 5) is 0. The third-order valence-electron chi connectivity index (χ3n) is 4.07.